The molecule has 2 unspecified atom stereocenters. The van der Waals surface area contributed by atoms with Crippen molar-refractivity contribution in [3.8, 4) is 5.75 Å². The molecule has 1 aromatic carbocycles. The van der Waals surface area contributed by atoms with Crippen LogP contribution in [0.3, 0.4) is 0 Å². The lowest BCUT2D eigenvalue weighted by atomic mass is 9.67. The van der Waals surface area contributed by atoms with Gasteiger partial charge < -0.3 is 14.9 Å². The monoisotopic (exact) mass is 358 g/mol. The Kier molecular flexibility index (Phi) is 4.91. The van der Waals surface area contributed by atoms with Crippen LogP contribution in [0.4, 0.5) is 0 Å². The number of phenolic OH excluding ortho intramolecular Hbond substituents is 1. The summed E-state index contributed by atoms with van der Waals surface area (Å²) in [6.07, 6.45) is 5.13. The third kappa shape index (κ3) is 3.27. The lowest BCUT2D eigenvalue weighted by Gasteiger charge is -2.43. The van der Waals surface area contributed by atoms with E-state index in [-0.39, 0.29) is 29.1 Å². The van der Waals surface area contributed by atoms with Crippen LogP contribution in [0.1, 0.15) is 63.7 Å². The van der Waals surface area contributed by atoms with Crippen molar-refractivity contribution in [2.45, 2.75) is 65.1 Å². The molecule has 0 bridgehead atoms. The van der Waals surface area contributed by atoms with Crippen molar-refractivity contribution in [3.05, 3.63) is 41.5 Å². The molecule has 1 saturated carbocycles. The van der Waals surface area contributed by atoms with Gasteiger partial charge in [-0.15, -0.1) is 0 Å². The Morgan fingerprint density at radius 3 is 2.50 bits per heavy atom. The molecule has 4 atom stereocenters. The Balaban J connectivity index is 1.92. The van der Waals surface area contributed by atoms with Crippen molar-refractivity contribution in [1.29, 1.82) is 0 Å². The van der Waals surface area contributed by atoms with E-state index in [1.54, 1.807) is 12.1 Å². The normalized spacial score (nSPS) is 34.2. The number of benzene rings is 1. The predicted octanol–water partition coefficient (Wildman–Crippen LogP) is 4.46. The molecule has 2 aliphatic carbocycles. The Labute approximate surface area is 155 Å². The summed E-state index contributed by atoms with van der Waals surface area (Å²) in [5.74, 6) is -0.273. The fraction of sp³-hybridized carbons (Fsp3) is 0.591. The molecule has 0 aliphatic heterocycles. The molecule has 0 spiro atoms. The van der Waals surface area contributed by atoms with Gasteiger partial charge in [0, 0.05) is 12.3 Å². The fourth-order valence-electron chi connectivity index (χ4n) is 4.89. The molecular weight excluding hydrogens is 328 g/mol. The summed E-state index contributed by atoms with van der Waals surface area (Å²) in [5.41, 5.74) is 0.723. The van der Waals surface area contributed by atoms with Gasteiger partial charge in [0.25, 0.3) is 0 Å². The van der Waals surface area contributed by atoms with E-state index in [0.29, 0.717) is 12.0 Å². The van der Waals surface area contributed by atoms with Crippen LogP contribution in [0.25, 0.3) is 0 Å². The molecule has 2 aliphatic rings. The van der Waals surface area contributed by atoms with Crippen LogP contribution in [0.15, 0.2) is 35.9 Å². The van der Waals surface area contributed by atoms with E-state index >= 15 is 0 Å². The Hall–Kier alpha value is -1.81. The molecule has 1 aromatic rings. The highest BCUT2D eigenvalue weighted by molar-refractivity contribution is 5.89. The number of phenols is 1. The third-order valence-corrected chi connectivity index (χ3v) is 6.56. The van der Waals surface area contributed by atoms with Gasteiger partial charge in [0.15, 0.2) is 0 Å². The van der Waals surface area contributed by atoms with E-state index in [2.05, 4.69) is 33.8 Å². The second-order valence-electron chi connectivity index (χ2n) is 8.73. The molecule has 26 heavy (non-hydrogen) atoms. The van der Waals surface area contributed by atoms with Gasteiger partial charge in [0.05, 0.1) is 11.2 Å². The molecule has 0 aromatic heterocycles. The number of hydrogen-bond acceptors (Lipinski definition) is 4. The first-order valence-corrected chi connectivity index (χ1v) is 9.54. The zero-order chi connectivity index (χ0) is 19.1. The van der Waals surface area contributed by atoms with Gasteiger partial charge in [-0.25, -0.2) is 4.79 Å². The van der Waals surface area contributed by atoms with Gasteiger partial charge in [-0.05, 0) is 61.8 Å². The van der Waals surface area contributed by atoms with Crippen LogP contribution >= 0.6 is 0 Å². The van der Waals surface area contributed by atoms with E-state index in [0.717, 1.165) is 19.3 Å². The summed E-state index contributed by atoms with van der Waals surface area (Å²) < 4.78 is 5.97. The van der Waals surface area contributed by atoms with E-state index in [1.807, 2.05) is 0 Å². The highest BCUT2D eigenvalue weighted by Gasteiger charge is 2.59. The number of ether oxygens (including phenoxy) is 1. The molecule has 2 N–H and O–H groups in total. The molecule has 0 amide bonds. The van der Waals surface area contributed by atoms with Crippen LogP contribution < -0.4 is 0 Å². The first kappa shape index (κ1) is 19.0. The Morgan fingerprint density at radius 1 is 1.23 bits per heavy atom. The fourth-order valence-corrected chi connectivity index (χ4v) is 4.89. The van der Waals surface area contributed by atoms with Crippen molar-refractivity contribution in [3.63, 3.8) is 0 Å². The SMILES string of the molecule is CC1=CCC2(C)CC[C@@](O)(C(C)C)C2[C@@H](OC(=O)c2ccc(O)cc2)C1. The summed E-state index contributed by atoms with van der Waals surface area (Å²) in [4.78, 5) is 12.7. The molecular formula is C22H30O4. The average Bonchev–Trinajstić information content (AvgIpc) is 2.78. The molecule has 4 nitrogen and oxygen atoms in total. The minimum atomic E-state index is -0.826. The van der Waals surface area contributed by atoms with Crippen LogP contribution in [0.2, 0.25) is 0 Å². The minimum Gasteiger partial charge on any atom is -0.508 e. The van der Waals surface area contributed by atoms with E-state index in [9.17, 15) is 15.0 Å². The Bertz CT molecular complexity index is 705. The second kappa shape index (κ2) is 6.73. The zero-order valence-corrected chi connectivity index (χ0v) is 16.2. The lowest BCUT2D eigenvalue weighted by molar-refractivity contribution is -0.112. The number of fused-ring (bicyclic) bond motifs is 1. The summed E-state index contributed by atoms with van der Waals surface area (Å²) in [6, 6.07) is 6.11. The smallest absolute Gasteiger partial charge is 0.338 e. The topological polar surface area (TPSA) is 66.8 Å². The number of allylic oxidation sites excluding steroid dienone is 1. The standard InChI is InChI=1S/C22H30O4/c1-14(2)22(25)12-11-21(4)10-9-15(3)13-18(19(21)22)26-20(24)16-5-7-17(23)8-6-16/h5-9,14,18-19,23,25H,10-13H2,1-4H3/t18-,19?,21?,22+/m0/s1. The number of hydrogen-bond donors (Lipinski definition) is 2. The van der Waals surface area contributed by atoms with Crippen molar-refractivity contribution >= 4 is 5.97 Å². The van der Waals surface area contributed by atoms with Gasteiger partial charge in [-0.3, -0.25) is 0 Å². The first-order valence-electron chi connectivity index (χ1n) is 9.54. The van der Waals surface area contributed by atoms with Crippen LogP contribution in [0.5, 0.6) is 5.75 Å². The molecule has 142 valence electrons. The van der Waals surface area contributed by atoms with Crippen LogP contribution in [0, 0.1) is 17.3 Å². The highest BCUT2D eigenvalue weighted by Crippen LogP contribution is 2.58. The average molecular weight is 358 g/mol. The molecule has 3 rings (SSSR count). The van der Waals surface area contributed by atoms with E-state index < -0.39 is 11.6 Å². The largest absolute Gasteiger partial charge is 0.508 e. The quantitative estimate of drug-likeness (QED) is 0.618. The summed E-state index contributed by atoms with van der Waals surface area (Å²) in [6.45, 7) is 8.39. The molecule has 4 heteroatoms. The van der Waals surface area contributed by atoms with Crippen molar-refractivity contribution in [2.75, 3.05) is 0 Å². The summed E-state index contributed by atoms with van der Waals surface area (Å²) >= 11 is 0. The van der Waals surface area contributed by atoms with Gasteiger partial charge in [0.2, 0.25) is 0 Å². The van der Waals surface area contributed by atoms with Crippen LogP contribution in [-0.4, -0.2) is 27.9 Å². The number of carbonyl (C=O) groups excluding carboxylic acids is 1. The number of carbonyl (C=O) groups is 1. The van der Waals surface area contributed by atoms with Crippen molar-refractivity contribution in [1.82, 2.24) is 0 Å². The van der Waals surface area contributed by atoms with Crippen molar-refractivity contribution < 1.29 is 19.7 Å². The molecule has 0 radical (unpaired) electrons. The van der Waals surface area contributed by atoms with E-state index in [4.69, 9.17) is 4.74 Å². The molecule has 0 saturated heterocycles. The van der Waals surface area contributed by atoms with Crippen molar-refractivity contribution in [2.24, 2.45) is 17.3 Å². The molecule has 1 fully saturated rings. The zero-order valence-electron chi connectivity index (χ0n) is 16.2. The summed E-state index contributed by atoms with van der Waals surface area (Å²) in [5, 5.41) is 20.9. The van der Waals surface area contributed by atoms with Gasteiger partial charge in [0.1, 0.15) is 11.9 Å². The Morgan fingerprint density at radius 2 is 1.88 bits per heavy atom. The predicted molar refractivity (Wildman–Crippen MR) is 101 cm³/mol. The van der Waals surface area contributed by atoms with Crippen LogP contribution in [-0.2, 0) is 4.74 Å². The number of rotatable bonds is 3. The maximum absolute atomic E-state index is 12.7. The number of aromatic hydroxyl groups is 1. The highest BCUT2D eigenvalue weighted by atomic mass is 16.5. The van der Waals surface area contributed by atoms with Gasteiger partial charge in [-0.2, -0.15) is 0 Å². The second-order valence-corrected chi connectivity index (χ2v) is 8.73. The van der Waals surface area contributed by atoms with E-state index in [1.165, 1.54) is 17.7 Å². The maximum Gasteiger partial charge on any atom is 0.338 e. The third-order valence-electron chi connectivity index (χ3n) is 6.56. The van der Waals surface area contributed by atoms with Gasteiger partial charge >= 0.3 is 5.97 Å². The minimum absolute atomic E-state index is 0.0727. The molecule has 0 heterocycles. The van der Waals surface area contributed by atoms with Gasteiger partial charge in [-0.1, -0.05) is 32.4 Å². The maximum atomic E-state index is 12.7. The summed E-state index contributed by atoms with van der Waals surface area (Å²) in [7, 11) is 0. The number of aliphatic hydroxyl groups is 1. The lowest BCUT2D eigenvalue weighted by Crippen LogP contribution is -2.50. The number of esters is 1. The first-order chi connectivity index (χ1) is 12.2.